The molecule has 2 aliphatic rings. The van der Waals surface area contributed by atoms with Crippen LogP contribution in [-0.4, -0.2) is 36.7 Å². The van der Waals surface area contributed by atoms with Crippen LogP contribution in [0.2, 0.25) is 0 Å². The van der Waals surface area contributed by atoms with Crippen molar-refractivity contribution in [3.05, 3.63) is 57.8 Å². The van der Waals surface area contributed by atoms with Crippen LogP contribution in [0.4, 0.5) is 0 Å². The van der Waals surface area contributed by atoms with E-state index in [1.54, 1.807) is 19.9 Å². The minimum atomic E-state index is -3.43. The molecule has 1 fully saturated rings. The topological polar surface area (TPSA) is 40.6 Å². The molecule has 1 atom stereocenters. The predicted octanol–water partition coefficient (Wildman–Crippen LogP) is 3.43. The lowest BCUT2D eigenvalue weighted by molar-refractivity contribution is 0.277. The van der Waals surface area contributed by atoms with Crippen molar-refractivity contribution in [1.82, 2.24) is 8.61 Å². The van der Waals surface area contributed by atoms with Gasteiger partial charge in [-0.1, -0.05) is 36.8 Å². The summed E-state index contributed by atoms with van der Waals surface area (Å²) in [4.78, 5) is 1.31. The number of fused-ring (bicyclic) bond motifs is 1. The highest BCUT2D eigenvalue weighted by Gasteiger charge is 2.40. The van der Waals surface area contributed by atoms with E-state index in [2.05, 4.69) is 11.4 Å². The van der Waals surface area contributed by atoms with Crippen LogP contribution >= 0.6 is 11.3 Å². The van der Waals surface area contributed by atoms with Crippen LogP contribution in [0.1, 0.15) is 41.3 Å². The summed E-state index contributed by atoms with van der Waals surface area (Å²) in [5.74, 6) is 0. The molecule has 0 saturated carbocycles. The van der Waals surface area contributed by atoms with Gasteiger partial charge in [-0.2, -0.15) is 17.0 Å². The summed E-state index contributed by atoms with van der Waals surface area (Å²) in [7, 11) is -3.43. The Balaban J connectivity index is 1.76. The molecule has 0 spiro atoms. The monoisotopic (exact) mass is 362 g/mol. The molecule has 2 aromatic rings. The summed E-state index contributed by atoms with van der Waals surface area (Å²) in [5, 5.41) is 2.08. The number of nitrogens with zero attached hydrogens (tertiary/aromatic N) is 2. The molecule has 0 radical (unpaired) electrons. The molecule has 0 aliphatic carbocycles. The lowest BCUT2D eigenvalue weighted by atomic mass is 9.95. The third-order valence-corrected chi connectivity index (χ3v) is 7.98. The molecule has 2 aliphatic heterocycles. The normalized spacial score (nSPS) is 23.1. The van der Waals surface area contributed by atoms with Gasteiger partial charge in [0.2, 0.25) is 0 Å². The van der Waals surface area contributed by atoms with Gasteiger partial charge in [0.05, 0.1) is 6.04 Å². The van der Waals surface area contributed by atoms with Gasteiger partial charge in [0.1, 0.15) is 0 Å². The van der Waals surface area contributed by atoms with E-state index in [1.807, 2.05) is 30.3 Å². The van der Waals surface area contributed by atoms with Gasteiger partial charge in [-0.25, -0.2) is 0 Å². The van der Waals surface area contributed by atoms with E-state index in [1.165, 1.54) is 4.88 Å². The van der Waals surface area contributed by atoms with Gasteiger partial charge in [-0.05, 0) is 41.8 Å². The van der Waals surface area contributed by atoms with E-state index >= 15 is 0 Å². The van der Waals surface area contributed by atoms with Gasteiger partial charge < -0.3 is 0 Å². The largest absolute Gasteiger partial charge is 0.282 e. The van der Waals surface area contributed by atoms with Gasteiger partial charge in [0.15, 0.2) is 0 Å². The summed E-state index contributed by atoms with van der Waals surface area (Å²) in [6, 6.07) is 11.9. The maximum Gasteiger partial charge on any atom is 0.282 e. The Kier molecular flexibility index (Phi) is 4.47. The molecule has 4 nitrogen and oxygen atoms in total. The zero-order valence-electron chi connectivity index (χ0n) is 13.6. The van der Waals surface area contributed by atoms with Crippen LogP contribution in [0.15, 0.2) is 41.8 Å². The first-order valence-electron chi connectivity index (χ1n) is 8.56. The number of benzene rings is 1. The molecule has 6 heteroatoms. The average Bonchev–Trinajstić information content (AvgIpc) is 3.11. The highest BCUT2D eigenvalue weighted by molar-refractivity contribution is 7.86. The molecule has 0 N–H and O–H groups in total. The second-order valence-electron chi connectivity index (χ2n) is 6.44. The smallest absolute Gasteiger partial charge is 0.195 e. The van der Waals surface area contributed by atoms with Crippen molar-refractivity contribution in [3.63, 3.8) is 0 Å². The first-order chi connectivity index (χ1) is 11.7. The van der Waals surface area contributed by atoms with Crippen molar-refractivity contribution in [3.8, 4) is 0 Å². The molecule has 0 amide bonds. The molecular formula is C18H22N2O2S2. The van der Waals surface area contributed by atoms with E-state index in [0.717, 1.165) is 36.8 Å². The summed E-state index contributed by atoms with van der Waals surface area (Å²) < 4.78 is 30.0. The first kappa shape index (κ1) is 16.3. The van der Waals surface area contributed by atoms with Crippen LogP contribution in [0.25, 0.3) is 0 Å². The minimum absolute atomic E-state index is 0.201. The Morgan fingerprint density at radius 2 is 1.71 bits per heavy atom. The third-order valence-electron chi connectivity index (χ3n) is 4.97. The fraction of sp³-hybridized carbons (Fsp3) is 0.444. The number of thiophene rings is 1. The number of rotatable bonds is 3. The van der Waals surface area contributed by atoms with Crippen molar-refractivity contribution in [2.24, 2.45) is 0 Å². The van der Waals surface area contributed by atoms with Gasteiger partial charge >= 0.3 is 0 Å². The minimum Gasteiger partial charge on any atom is -0.195 e. The zero-order valence-corrected chi connectivity index (χ0v) is 15.2. The number of hydrogen-bond acceptors (Lipinski definition) is 3. The summed E-state index contributed by atoms with van der Waals surface area (Å²) in [6.45, 7) is 1.86. The Bertz CT molecular complexity index is 795. The second kappa shape index (κ2) is 6.59. The highest BCUT2D eigenvalue weighted by Crippen LogP contribution is 2.40. The lowest BCUT2D eigenvalue weighted by Gasteiger charge is -2.39. The first-order valence-corrected chi connectivity index (χ1v) is 10.8. The van der Waals surface area contributed by atoms with Crippen LogP contribution in [-0.2, 0) is 16.6 Å². The van der Waals surface area contributed by atoms with Gasteiger partial charge in [-0.3, -0.25) is 0 Å². The zero-order chi connectivity index (χ0) is 16.6. The fourth-order valence-electron chi connectivity index (χ4n) is 3.77. The molecule has 3 heterocycles. The van der Waals surface area contributed by atoms with E-state index in [0.29, 0.717) is 19.6 Å². The second-order valence-corrected chi connectivity index (χ2v) is 9.32. The number of piperidine rings is 1. The molecular weight excluding hydrogens is 340 g/mol. The Hall–Kier alpha value is -1.21. The summed E-state index contributed by atoms with van der Waals surface area (Å²) in [6.07, 6.45) is 3.87. The molecule has 0 bridgehead atoms. The number of hydrogen-bond donors (Lipinski definition) is 0. The standard InChI is InChI=1S/C18H22N2O2S2/c21-24(22,19-11-5-2-6-12-19)20-13-9-17-16(10-14-23-17)18(20)15-7-3-1-4-8-15/h1,3-4,7-8,10,14,18H,2,5-6,9,11-13H2. The van der Waals surface area contributed by atoms with Crippen molar-refractivity contribution in [1.29, 1.82) is 0 Å². The Labute approximate surface area is 147 Å². The molecule has 1 aromatic heterocycles. The van der Waals surface area contributed by atoms with Crippen molar-refractivity contribution in [2.45, 2.75) is 31.7 Å². The average molecular weight is 363 g/mol. The van der Waals surface area contributed by atoms with E-state index in [-0.39, 0.29) is 6.04 Å². The van der Waals surface area contributed by atoms with E-state index in [9.17, 15) is 8.42 Å². The van der Waals surface area contributed by atoms with Crippen LogP contribution < -0.4 is 0 Å². The van der Waals surface area contributed by atoms with Crippen molar-refractivity contribution < 1.29 is 8.42 Å². The van der Waals surface area contributed by atoms with E-state index < -0.39 is 10.2 Å². The van der Waals surface area contributed by atoms with E-state index in [4.69, 9.17) is 0 Å². The predicted molar refractivity (Wildman–Crippen MR) is 97.4 cm³/mol. The molecule has 1 aromatic carbocycles. The van der Waals surface area contributed by atoms with Gasteiger partial charge in [-0.15, -0.1) is 11.3 Å². The van der Waals surface area contributed by atoms with Gasteiger partial charge in [0, 0.05) is 24.5 Å². The highest BCUT2D eigenvalue weighted by atomic mass is 32.2. The van der Waals surface area contributed by atoms with Crippen LogP contribution in [0.5, 0.6) is 0 Å². The maximum absolute atomic E-state index is 13.3. The van der Waals surface area contributed by atoms with Crippen LogP contribution in [0.3, 0.4) is 0 Å². The molecule has 1 unspecified atom stereocenters. The van der Waals surface area contributed by atoms with Crippen LogP contribution in [0, 0.1) is 0 Å². The molecule has 24 heavy (non-hydrogen) atoms. The Morgan fingerprint density at radius 1 is 0.958 bits per heavy atom. The lowest BCUT2D eigenvalue weighted by Crippen LogP contribution is -2.49. The summed E-state index contributed by atoms with van der Waals surface area (Å²) >= 11 is 1.74. The third kappa shape index (κ3) is 2.81. The van der Waals surface area contributed by atoms with Crippen molar-refractivity contribution in [2.75, 3.05) is 19.6 Å². The molecule has 4 rings (SSSR count). The van der Waals surface area contributed by atoms with Gasteiger partial charge in [0.25, 0.3) is 10.2 Å². The molecule has 128 valence electrons. The molecule has 1 saturated heterocycles. The SMILES string of the molecule is O=S(=O)(N1CCCCC1)N1CCc2sccc2C1c1ccccc1. The Morgan fingerprint density at radius 3 is 2.46 bits per heavy atom. The maximum atomic E-state index is 13.3. The quantitative estimate of drug-likeness (QED) is 0.839. The van der Waals surface area contributed by atoms with Crippen molar-refractivity contribution >= 4 is 21.5 Å². The summed E-state index contributed by atoms with van der Waals surface area (Å²) in [5.41, 5.74) is 2.20. The fourth-order valence-corrected chi connectivity index (χ4v) is 6.51.